The van der Waals surface area contributed by atoms with Gasteiger partial charge in [-0.3, -0.25) is 4.79 Å². The average molecular weight is 509 g/mol. The van der Waals surface area contributed by atoms with Crippen LogP contribution < -0.4 is 10.6 Å². The number of phenolic OH excluding ortho intramolecular Hbond substituents is 1. The van der Waals surface area contributed by atoms with Crippen molar-refractivity contribution in [3.8, 4) is 17.0 Å². The maximum atomic E-state index is 13.2. The van der Waals surface area contributed by atoms with E-state index >= 15 is 0 Å². The molecule has 0 bridgehead atoms. The van der Waals surface area contributed by atoms with Gasteiger partial charge in [0.1, 0.15) is 5.75 Å². The van der Waals surface area contributed by atoms with E-state index < -0.39 is 0 Å². The highest BCUT2D eigenvalue weighted by Crippen LogP contribution is 2.38. The van der Waals surface area contributed by atoms with Gasteiger partial charge in [-0.25, -0.2) is 4.79 Å². The minimum absolute atomic E-state index is 0.0172. The van der Waals surface area contributed by atoms with Crippen LogP contribution >= 0.6 is 0 Å². The van der Waals surface area contributed by atoms with Crippen LogP contribution in [0.15, 0.2) is 78.9 Å². The van der Waals surface area contributed by atoms with Crippen LogP contribution in [0.3, 0.4) is 0 Å². The molecule has 5 rings (SSSR count). The number of aromatic hydroxyl groups is 1. The molecule has 38 heavy (non-hydrogen) atoms. The lowest BCUT2D eigenvalue weighted by molar-refractivity contribution is 0.102. The van der Waals surface area contributed by atoms with Crippen LogP contribution in [0.1, 0.15) is 65.7 Å². The monoisotopic (exact) mass is 508 g/mol. The minimum Gasteiger partial charge on any atom is -0.507 e. The molecule has 0 saturated heterocycles. The number of carbonyl (C=O) groups is 2. The molecule has 7 heteroatoms. The zero-order chi connectivity index (χ0) is 26.5. The molecular formula is C31H32N4O3. The molecule has 2 amide bonds. The largest absolute Gasteiger partial charge is 0.507 e. The lowest BCUT2D eigenvalue weighted by atomic mass is 10.0. The van der Waals surface area contributed by atoms with Crippen molar-refractivity contribution in [2.45, 2.75) is 51.5 Å². The molecule has 1 aliphatic carbocycles. The first-order chi connectivity index (χ1) is 18.5. The number of carbonyl (C=O) groups excluding carboxylic acids is 2. The highest BCUT2D eigenvalue weighted by Gasteiger charge is 2.26. The summed E-state index contributed by atoms with van der Waals surface area (Å²) in [4.78, 5) is 25.8. The predicted octanol–water partition coefficient (Wildman–Crippen LogP) is 6.49. The van der Waals surface area contributed by atoms with E-state index in [0.717, 1.165) is 48.9 Å². The van der Waals surface area contributed by atoms with Crippen molar-refractivity contribution in [1.29, 1.82) is 0 Å². The average Bonchev–Trinajstić information content (AvgIpc) is 3.63. The second kappa shape index (κ2) is 11.3. The Labute approximate surface area is 222 Å². The van der Waals surface area contributed by atoms with Crippen LogP contribution in [0.5, 0.6) is 5.75 Å². The maximum Gasteiger partial charge on any atom is 0.342 e. The van der Waals surface area contributed by atoms with E-state index in [-0.39, 0.29) is 23.6 Å². The van der Waals surface area contributed by atoms with E-state index in [1.165, 1.54) is 10.7 Å². The summed E-state index contributed by atoms with van der Waals surface area (Å²) >= 11 is 0. The number of aromatic nitrogens is 2. The minimum atomic E-state index is -0.292. The molecule has 1 aliphatic rings. The molecular weight excluding hydrogens is 476 g/mol. The number of hydrogen-bond donors (Lipinski definition) is 3. The van der Waals surface area contributed by atoms with Gasteiger partial charge < -0.3 is 15.7 Å². The van der Waals surface area contributed by atoms with Gasteiger partial charge in [0.2, 0.25) is 0 Å². The van der Waals surface area contributed by atoms with Gasteiger partial charge >= 0.3 is 6.03 Å². The quantitative estimate of drug-likeness (QED) is 0.266. The van der Waals surface area contributed by atoms with Gasteiger partial charge in [-0.05, 0) is 60.7 Å². The Hall–Kier alpha value is -4.39. The van der Waals surface area contributed by atoms with Gasteiger partial charge in [-0.15, -0.1) is 0 Å². The summed E-state index contributed by atoms with van der Waals surface area (Å²) in [5.74, 6) is -0.0161. The summed E-state index contributed by atoms with van der Waals surface area (Å²) in [7, 11) is 0. The van der Waals surface area contributed by atoms with Crippen LogP contribution in [0.2, 0.25) is 0 Å². The molecule has 1 fully saturated rings. The highest BCUT2D eigenvalue weighted by molar-refractivity contribution is 6.04. The third-order valence-corrected chi connectivity index (χ3v) is 7.15. The highest BCUT2D eigenvalue weighted by atomic mass is 16.3. The third kappa shape index (κ3) is 5.62. The number of aryl methyl sites for hydroxylation is 1. The molecule has 0 aliphatic heterocycles. The molecule has 0 atom stereocenters. The molecule has 0 spiro atoms. The molecule has 3 aromatic carbocycles. The third-order valence-electron chi connectivity index (χ3n) is 7.15. The Kier molecular flexibility index (Phi) is 7.54. The van der Waals surface area contributed by atoms with Crippen molar-refractivity contribution in [2.24, 2.45) is 0 Å². The van der Waals surface area contributed by atoms with E-state index in [1.54, 1.807) is 24.3 Å². The molecule has 7 nitrogen and oxygen atoms in total. The molecule has 4 aromatic rings. The van der Waals surface area contributed by atoms with E-state index in [4.69, 9.17) is 0 Å². The molecule has 0 radical (unpaired) electrons. The first-order valence-electron chi connectivity index (χ1n) is 13.2. The molecule has 194 valence electrons. The zero-order valence-electron chi connectivity index (χ0n) is 21.5. The zero-order valence-corrected chi connectivity index (χ0v) is 21.5. The Morgan fingerprint density at radius 1 is 0.947 bits per heavy atom. The number of amides is 2. The summed E-state index contributed by atoms with van der Waals surface area (Å²) < 4.78 is 1.45. The lowest BCUT2D eigenvalue weighted by Crippen LogP contribution is -2.30. The standard InChI is InChI=1S/C31H32N4O3/c1-2-21-12-14-24(15-13-21)30(37)33-25-16-17-26(29(36)18-25)27-19-28(23-10-6-7-11-23)35(34-27)31(38)32-20-22-8-4-3-5-9-22/h3-5,8-9,12-19,23,36H,2,6-7,10-11,20H2,1H3,(H,32,38)(H,33,37). The predicted molar refractivity (Wildman–Crippen MR) is 148 cm³/mol. The van der Waals surface area contributed by atoms with Gasteiger partial charge in [-0.1, -0.05) is 62.2 Å². The van der Waals surface area contributed by atoms with Crippen molar-refractivity contribution in [3.05, 3.63) is 101 Å². The molecule has 3 N–H and O–H groups in total. The smallest absolute Gasteiger partial charge is 0.342 e. The summed E-state index contributed by atoms with van der Waals surface area (Å²) in [6.45, 7) is 2.47. The summed E-state index contributed by atoms with van der Waals surface area (Å²) in [5.41, 5.74) is 5.08. The van der Waals surface area contributed by atoms with Crippen molar-refractivity contribution < 1.29 is 14.7 Å². The number of rotatable bonds is 7. The fourth-order valence-electron chi connectivity index (χ4n) is 4.97. The number of anilines is 1. The Morgan fingerprint density at radius 3 is 2.37 bits per heavy atom. The van der Waals surface area contributed by atoms with Gasteiger partial charge in [0, 0.05) is 35.3 Å². The van der Waals surface area contributed by atoms with E-state index in [0.29, 0.717) is 29.1 Å². The second-order valence-corrected chi connectivity index (χ2v) is 9.73. The van der Waals surface area contributed by atoms with Gasteiger partial charge in [0.15, 0.2) is 0 Å². The lowest BCUT2D eigenvalue weighted by Gasteiger charge is -2.12. The normalized spacial score (nSPS) is 13.4. The Morgan fingerprint density at radius 2 is 1.68 bits per heavy atom. The number of benzene rings is 3. The van der Waals surface area contributed by atoms with Crippen LogP contribution in [0, 0.1) is 0 Å². The Bertz CT molecular complexity index is 1420. The first kappa shape index (κ1) is 25.3. The first-order valence-corrected chi connectivity index (χ1v) is 13.2. The molecule has 1 saturated carbocycles. The number of nitrogens with zero attached hydrogens (tertiary/aromatic N) is 2. The van der Waals surface area contributed by atoms with Crippen molar-refractivity contribution in [1.82, 2.24) is 15.1 Å². The topological polar surface area (TPSA) is 96.3 Å². The van der Waals surface area contributed by atoms with Crippen LogP contribution in [-0.4, -0.2) is 26.8 Å². The fourth-order valence-corrected chi connectivity index (χ4v) is 4.97. The maximum absolute atomic E-state index is 13.2. The van der Waals surface area contributed by atoms with Crippen molar-refractivity contribution in [3.63, 3.8) is 0 Å². The van der Waals surface area contributed by atoms with Crippen LogP contribution in [-0.2, 0) is 13.0 Å². The van der Waals surface area contributed by atoms with Gasteiger partial charge in [0.25, 0.3) is 5.91 Å². The van der Waals surface area contributed by atoms with E-state index in [2.05, 4.69) is 22.7 Å². The Balaban J connectivity index is 1.36. The number of hydrogen-bond acceptors (Lipinski definition) is 4. The molecule has 1 heterocycles. The van der Waals surface area contributed by atoms with Crippen LogP contribution in [0.25, 0.3) is 11.3 Å². The van der Waals surface area contributed by atoms with Gasteiger partial charge in [0.05, 0.1) is 11.4 Å². The number of nitrogens with one attached hydrogen (secondary N) is 2. The van der Waals surface area contributed by atoms with E-state index in [1.807, 2.05) is 48.5 Å². The van der Waals surface area contributed by atoms with Crippen molar-refractivity contribution >= 4 is 17.6 Å². The number of phenols is 1. The van der Waals surface area contributed by atoms with Crippen molar-refractivity contribution in [2.75, 3.05) is 5.32 Å². The fraction of sp³-hybridized carbons (Fsp3) is 0.258. The van der Waals surface area contributed by atoms with Crippen LogP contribution in [0.4, 0.5) is 10.5 Å². The second-order valence-electron chi connectivity index (χ2n) is 9.73. The molecule has 0 unspecified atom stereocenters. The van der Waals surface area contributed by atoms with Gasteiger partial charge in [-0.2, -0.15) is 9.78 Å². The summed E-state index contributed by atoms with van der Waals surface area (Å²) in [6.07, 6.45) is 5.17. The summed E-state index contributed by atoms with van der Waals surface area (Å²) in [6, 6.07) is 23.8. The van der Waals surface area contributed by atoms with E-state index in [9.17, 15) is 14.7 Å². The molecule has 1 aromatic heterocycles. The summed E-state index contributed by atoms with van der Waals surface area (Å²) in [5, 5.41) is 21.3. The SMILES string of the molecule is CCc1ccc(C(=O)Nc2ccc(-c3cc(C4CCCC4)n(C(=O)NCc4ccccc4)n3)c(O)c2)cc1.